The van der Waals surface area contributed by atoms with Crippen molar-refractivity contribution in [3.8, 4) is 11.4 Å². The molecule has 0 bridgehead atoms. The van der Waals surface area contributed by atoms with Crippen molar-refractivity contribution in [2.75, 3.05) is 6.61 Å². The monoisotopic (exact) mass is 381 g/mol. The quantitative estimate of drug-likeness (QED) is 0.598. The molecule has 3 aromatic rings. The second-order valence-corrected chi connectivity index (χ2v) is 6.43. The first-order chi connectivity index (χ1) is 13.5. The largest absolute Gasteiger partial charge is 0.492 e. The number of para-hydroxylation sites is 2. The average molecular weight is 381 g/mol. The SMILES string of the molecule is CCCc1[nH]n(-c2ccc(F)cc2)c(=O)c1C(C)=Nc1ccccc1OCC. The summed E-state index contributed by atoms with van der Waals surface area (Å²) in [5, 5.41) is 3.16. The lowest BCUT2D eigenvalue weighted by molar-refractivity contribution is 0.341. The van der Waals surface area contributed by atoms with Crippen LogP contribution in [-0.4, -0.2) is 22.1 Å². The Bertz CT molecular complexity index is 1030. The molecule has 6 heteroatoms. The summed E-state index contributed by atoms with van der Waals surface area (Å²) in [6.45, 7) is 6.32. The molecular formula is C22H24FN3O2. The highest BCUT2D eigenvalue weighted by Crippen LogP contribution is 2.27. The van der Waals surface area contributed by atoms with E-state index >= 15 is 0 Å². The lowest BCUT2D eigenvalue weighted by Gasteiger charge is -2.07. The maximum Gasteiger partial charge on any atom is 0.280 e. The summed E-state index contributed by atoms with van der Waals surface area (Å²) in [6, 6.07) is 13.3. The van der Waals surface area contributed by atoms with Gasteiger partial charge in [-0.2, -0.15) is 0 Å². The van der Waals surface area contributed by atoms with Crippen molar-refractivity contribution in [1.29, 1.82) is 0 Å². The van der Waals surface area contributed by atoms with Gasteiger partial charge in [0.2, 0.25) is 0 Å². The van der Waals surface area contributed by atoms with E-state index in [0.717, 1.165) is 12.1 Å². The molecule has 0 aliphatic rings. The van der Waals surface area contributed by atoms with Gasteiger partial charge >= 0.3 is 0 Å². The van der Waals surface area contributed by atoms with Crippen molar-refractivity contribution in [2.45, 2.75) is 33.6 Å². The van der Waals surface area contributed by atoms with Gasteiger partial charge < -0.3 is 4.74 Å². The number of aryl methyl sites for hydroxylation is 1. The average Bonchev–Trinajstić information content (AvgIpc) is 3.00. The lowest BCUT2D eigenvalue weighted by atomic mass is 10.1. The second kappa shape index (κ2) is 8.69. The smallest absolute Gasteiger partial charge is 0.280 e. The molecule has 5 nitrogen and oxygen atoms in total. The number of rotatable bonds is 7. The van der Waals surface area contributed by atoms with Gasteiger partial charge in [-0.25, -0.2) is 14.1 Å². The predicted molar refractivity (Wildman–Crippen MR) is 110 cm³/mol. The Morgan fingerprint density at radius 3 is 2.54 bits per heavy atom. The van der Waals surface area contributed by atoms with Crippen LogP contribution in [-0.2, 0) is 6.42 Å². The van der Waals surface area contributed by atoms with Gasteiger partial charge in [0, 0.05) is 5.69 Å². The highest BCUT2D eigenvalue weighted by molar-refractivity contribution is 6.01. The van der Waals surface area contributed by atoms with Crippen LogP contribution >= 0.6 is 0 Å². The van der Waals surface area contributed by atoms with Crippen LogP contribution in [0.15, 0.2) is 58.3 Å². The number of aromatic amines is 1. The highest BCUT2D eigenvalue weighted by Gasteiger charge is 2.18. The number of nitrogens with one attached hydrogen (secondary N) is 1. The van der Waals surface area contributed by atoms with E-state index < -0.39 is 0 Å². The molecule has 0 aliphatic heterocycles. The van der Waals surface area contributed by atoms with E-state index in [-0.39, 0.29) is 11.4 Å². The lowest BCUT2D eigenvalue weighted by Crippen LogP contribution is -2.19. The van der Waals surface area contributed by atoms with Gasteiger partial charge in [-0.05, 0) is 56.7 Å². The first kappa shape index (κ1) is 19.6. The fraction of sp³-hybridized carbons (Fsp3) is 0.273. The maximum atomic E-state index is 13.3. The molecule has 146 valence electrons. The third kappa shape index (κ3) is 4.06. The molecule has 3 rings (SSSR count). The van der Waals surface area contributed by atoms with E-state index in [4.69, 9.17) is 4.74 Å². The van der Waals surface area contributed by atoms with Crippen molar-refractivity contribution in [2.24, 2.45) is 4.99 Å². The van der Waals surface area contributed by atoms with Crippen molar-refractivity contribution in [3.05, 3.63) is 76.0 Å². The number of H-pyrrole nitrogens is 1. The van der Waals surface area contributed by atoms with E-state index in [1.165, 1.54) is 16.8 Å². The zero-order chi connectivity index (χ0) is 20.1. The van der Waals surface area contributed by atoms with Crippen LogP contribution in [0, 0.1) is 5.82 Å². The van der Waals surface area contributed by atoms with E-state index in [0.29, 0.717) is 41.4 Å². The fourth-order valence-electron chi connectivity index (χ4n) is 3.12. The van der Waals surface area contributed by atoms with Gasteiger partial charge in [-0.3, -0.25) is 9.89 Å². The predicted octanol–water partition coefficient (Wildman–Crippen LogP) is 4.80. The van der Waals surface area contributed by atoms with Gasteiger partial charge in [-0.15, -0.1) is 0 Å². The van der Waals surface area contributed by atoms with Crippen LogP contribution in [0.4, 0.5) is 10.1 Å². The third-order valence-electron chi connectivity index (χ3n) is 4.37. The molecule has 1 heterocycles. The van der Waals surface area contributed by atoms with Crippen molar-refractivity contribution < 1.29 is 9.13 Å². The minimum absolute atomic E-state index is 0.204. The molecule has 1 N–H and O–H groups in total. The molecule has 0 atom stereocenters. The number of ether oxygens (including phenoxy) is 1. The summed E-state index contributed by atoms with van der Waals surface area (Å²) in [4.78, 5) is 17.8. The molecule has 0 spiro atoms. The number of nitrogens with zero attached hydrogens (tertiary/aromatic N) is 2. The molecule has 0 amide bonds. The summed E-state index contributed by atoms with van der Waals surface area (Å²) >= 11 is 0. The Morgan fingerprint density at radius 2 is 1.86 bits per heavy atom. The minimum Gasteiger partial charge on any atom is -0.492 e. The summed E-state index contributed by atoms with van der Waals surface area (Å²) in [5.74, 6) is 0.332. The minimum atomic E-state index is -0.345. The summed E-state index contributed by atoms with van der Waals surface area (Å²) in [6.07, 6.45) is 1.58. The van der Waals surface area contributed by atoms with Crippen LogP contribution in [0.3, 0.4) is 0 Å². The van der Waals surface area contributed by atoms with Crippen LogP contribution in [0.2, 0.25) is 0 Å². The van der Waals surface area contributed by atoms with Gasteiger partial charge in [-0.1, -0.05) is 25.5 Å². The Labute approximate surface area is 163 Å². The molecule has 0 unspecified atom stereocenters. The third-order valence-corrected chi connectivity index (χ3v) is 4.37. The number of aliphatic imine (C=N–C) groups is 1. The molecule has 1 aromatic heterocycles. The van der Waals surface area contributed by atoms with Crippen molar-refractivity contribution in [1.82, 2.24) is 9.78 Å². The Kier molecular flexibility index (Phi) is 6.09. The van der Waals surface area contributed by atoms with Crippen LogP contribution in [0.1, 0.15) is 38.4 Å². The molecule has 0 fully saturated rings. The van der Waals surface area contributed by atoms with E-state index in [2.05, 4.69) is 10.1 Å². The van der Waals surface area contributed by atoms with Gasteiger partial charge in [0.15, 0.2) is 0 Å². The maximum absolute atomic E-state index is 13.3. The number of hydrogen-bond acceptors (Lipinski definition) is 3. The second-order valence-electron chi connectivity index (χ2n) is 6.43. The van der Waals surface area contributed by atoms with Crippen molar-refractivity contribution in [3.63, 3.8) is 0 Å². The van der Waals surface area contributed by atoms with Crippen LogP contribution < -0.4 is 10.3 Å². The fourth-order valence-corrected chi connectivity index (χ4v) is 3.12. The summed E-state index contributed by atoms with van der Waals surface area (Å²) in [5.41, 5.74) is 3.02. The number of benzene rings is 2. The van der Waals surface area contributed by atoms with Crippen LogP contribution in [0.25, 0.3) is 5.69 Å². The van der Waals surface area contributed by atoms with E-state index in [1.807, 2.05) is 45.0 Å². The number of hydrogen-bond donors (Lipinski definition) is 1. The molecule has 0 saturated heterocycles. The molecule has 2 aromatic carbocycles. The first-order valence-electron chi connectivity index (χ1n) is 9.42. The molecule has 0 saturated carbocycles. The summed E-state index contributed by atoms with van der Waals surface area (Å²) in [7, 11) is 0. The standard InChI is InChI=1S/C22H24FN3O2/c1-4-8-19-21(15(3)24-18-9-6-7-10-20(18)28-5-2)22(27)26(25-19)17-13-11-16(23)12-14-17/h6-7,9-14,25H,4-5,8H2,1-3H3. The molecular weight excluding hydrogens is 357 g/mol. The zero-order valence-corrected chi connectivity index (χ0v) is 16.3. The number of halogens is 1. The van der Waals surface area contributed by atoms with Crippen LogP contribution in [0.5, 0.6) is 5.75 Å². The Hall–Kier alpha value is -3.15. The summed E-state index contributed by atoms with van der Waals surface area (Å²) < 4.78 is 20.3. The van der Waals surface area contributed by atoms with Gasteiger partial charge in [0.05, 0.1) is 23.6 Å². The first-order valence-corrected chi connectivity index (χ1v) is 9.42. The Balaban J connectivity index is 2.10. The zero-order valence-electron chi connectivity index (χ0n) is 16.3. The molecule has 0 radical (unpaired) electrons. The topological polar surface area (TPSA) is 59.4 Å². The van der Waals surface area contributed by atoms with Crippen molar-refractivity contribution >= 4 is 11.4 Å². The van der Waals surface area contributed by atoms with E-state index in [9.17, 15) is 9.18 Å². The van der Waals surface area contributed by atoms with Gasteiger partial charge in [0.25, 0.3) is 5.56 Å². The molecule has 0 aliphatic carbocycles. The molecule has 28 heavy (non-hydrogen) atoms. The number of aromatic nitrogens is 2. The Morgan fingerprint density at radius 1 is 1.14 bits per heavy atom. The van der Waals surface area contributed by atoms with E-state index in [1.54, 1.807) is 12.1 Å². The normalized spacial score (nSPS) is 11.6. The highest BCUT2D eigenvalue weighted by atomic mass is 19.1. The van der Waals surface area contributed by atoms with Gasteiger partial charge in [0.1, 0.15) is 17.3 Å².